The molecule has 248 valence electrons. The van der Waals surface area contributed by atoms with Crippen molar-refractivity contribution in [3.63, 3.8) is 0 Å². The van der Waals surface area contributed by atoms with Gasteiger partial charge in [0.15, 0.2) is 23.3 Å². The lowest BCUT2D eigenvalue weighted by atomic mass is 10.0. The van der Waals surface area contributed by atoms with Crippen LogP contribution in [-0.2, 0) is 29.0 Å². The minimum absolute atomic E-state index is 0.0790. The Morgan fingerprint density at radius 1 is 0.723 bits per heavy atom. The largest absolute Gasteiger partial charge is 0.494 e. The molecule has 0 unspecified atom stereocenters. The number of aryl methyl sites for hydroxylation is 2. The number of nitrogens with zero attached hydrogens (tertiary/aromatic N) is 1. The highest BCUT2D eigenvalue weighted by Gasteiger charge is 2.25. The summed E-state index contributed by atoms with van der Waals surface area (Å²) in [4.78, 5) is 22.2. The van der Waals surface area contributed by atoms with Gasteiger partial charge in [0.25, 0.3) is 0 Å². The van der Waals surface area contributed by atoms with Gasteiger partial charge in [-0.05, 0) is 87.4 Å². The molecule has 2 N–H and O–H groups in total. The van der Waals surface area contributed by atoms with Crippen molar-refractivity contribution in [3.05, 3.63) is 99.2 Å². The van der Waals surface area contributed by atoms with E-state index in [-0.39, 0.29) is 38.7 Å². The van der Waals surface area contributed by atoms with Crippen LogP contribution in [0.1, 0.15) is 66.5 Å². The molecular weight excluding hydrogens is 628 g/mol. The van der Waals surface area contributed by atoms with Gasteiger partial charge in [-0.25, -0.2) is 26.3 Å². The lowest BCUT2D eigenvalue weighted by Crippen LogP contribution is -2.08. The van der Waals surface area contributed by atoms with Gasteiger partial charge in [0, 0.05) is 47.2 Å². The second-order valence-corrected chi connectivity index (χ2v) is 10.9. The number of unbranched alkanes of at least 4 members (excludes halogenated alkanes) is 1. The fourth-order valence-corrected chi connectivity index (χ4v) is 5.37. The molecule has 1 heterocycles. The molecule has 0 aliphatic carbocycles. The highest BCUT2D eigenvalue weighted by atomic mass is 19.2. The maximum Gasteiger partial charge on any atom is 0.303 e. The predicted octanol–water partition coefficient (Wildman–Crippen LogP) is 7.86. The molecule has 47 heavy (non-hydrogen) atoms. The second kappa shape index (κ2) is 15.6. The summed E-state index contributed by atoms with van der Waals surface area (Å²) in [6.07, 6.45) is 0.821. The Labute approximate surface area is 266 Å². The first-order valence-electron chi connectivity index (χ1n) is 14.9. The molecule has 0 saturated carbocycles. The van der Waals surface area contributed by atoms with Crippen molar-refractivity contribution in [2.75, 3.05) is 6.61 Å². The molecule has 0 radical (unpaired) electrons. The molecule has 4 rings (SSSR count). The summed E-state index contributed by atoms with van der Waals surface area (Å²) in [6, 6.07) is 9.51. The van der Waals surface area contributed by atoms with Gasteiger partial charge in [-0.2, -0.15) is 0 Å². The number of aromatic nitrogens is 1. The molecule has 0 spiro atoms. The van der Waals surface area contributed by atoms with Crippen LogP contribution < -0.4 is 4.74 Å². The minimum atomic E-state index is -2.19. The molecule has 0 bridgehead atoms. The van der Waals surface area contributed by atoms with Crippen LogP contribution in [0.25, 0.3) is 10.9 Å². The van der Waals surface area contributed by atoms with Crippen LogP contribution >= 0.6 is 0 Å². The summed E-state index contributed by atoms with van der Waals surface area (Å²) in [6.45, 7) is 2.23. The number of aliphatic carboxylic acids is 2. The summed E-state index contributed by atoms with van der Waals surface area (Å²) in [5, 5.41) is 18.5. The van der Waals surface area contributed by atoms with E-state index < -0.39 is 52.4 Å². The average Bonchev–Trinajstić information content (AvgIpc) is 3.32. The Morgan fingerprint density at radius 2 is 1.32 bits per heavy atom. The van der Waals surface area contributed by atoms with E-state index in [1.54, 1.807) is 37.3 Å². The number of rotatable bonds is 14. The molecule has 0 amide bonds. The normalized spacial score (nSPS) is 11.0. The zero-order valence-corrected chi connectivity index (χ0v) is 25.4. The first-order chi connectivity index (χ1) is 22.4. The van der Waals surface area contributed by atoms with Crippen molar-refractivity contribution in [3.8, 4) is 17.6 Å². The topological polar surface area (TPSA) is 88.8 Å². The highest BCUT2D eigenvalue weighted by Crippen LogP contribution is 2.33. The van der Waals surface area contributed by atoms with E-state index in [9.17, 15) is 31.5 Å². The van der Waals surface area contributed by atoms with Crippen LogP contribution in [-0.4, -0.2) is 33.3 Å². The smallest absolute Gasteiger partial charge is 0.303 e. The summed E-state index contributed by atoms with van der Waals surface area (Å²) < 4.78 is 90.4. The van der Waals surface area contributed by atoms with E-state index in [0.29, 0.717) is 59.2 Å². The van der Waals surface area contributed by atoms with Gasteiger partial charge >= 0.3 is 11.9 Å². The molecule has 0 aliphatic rings. The van der Waals surface area contributed by atoms with Crippen molar-refractivity contribution in [2.24, 2.45) is 0 Å². The molecule has 0 aliphatic heterocycles. The molecule has 6 nitrogen and oxygen atoms in total. The number of hydrogen-bond donors (Lipinski definition) is 2. The first kappa shape index (κ1) is 34.9. The summed E-state index contributed by atoms with van der Waals surface area (Å²) in [5.74, 6) is -5.63. The van der Waals surface area contributed by atoms with Crippen molar-refractivity contribution in [1.29, 1.82) is 0 Å². The number of hydrogen-bond acceptors (Lipinski definition) is 3. The fourth-order valence-electron chi connectivity index (χ4n) is 5.37. The highest BCUT2D eigenvalue weighted by molar-refractivity contribution is 5.91. The number of ether oxygens (including phenoxy) is 1. The molecule has 0 fully saturated rings. The Bertz CT molecular complexity index is 1830. The maximum atomic E-state index is 15.2. The van der Waals surface area contributed by atoms with Gasteiger partial charge in [-0.15, -0.1) is 0 Å². The standard InChI is InChI=1S/C35H31F6NO5/c1-20-24(7-4-8-27(43)44)29-26(36)17-14-22(35(29)42(20)18-5-9-28(45)46)13-10-21-11-15-23(16-12-21)47-19-3-2-6-25-30(37)32(39)34(41)33(40)31(25)38/h11-12,14-17H,2-9,18-19H2,1H3,(H,43,44)(H,45,46). The first-order valence-corrected chi connectivity index (χ1v) is 14.9. The molecule has 1 aromatic heterocycles. The van der Waals surface area contributed by atoms with Crippen LogP contribution in [0.3, 0.4) is 0 Å². The van der Waals surface area contributed by atoms with Crippen molar-refractivity contribution in [1.82, 2.24) is 4.57 Å². The number of carboxylic acid groups (broad SMARTS) is 2. The number of fused-ring (bicyclic) bond motifs is 1. The molecular formula is C35H31F6NO5. The monoisotopic (exact) mass is 659 g/mol. The third-order valence-electron chi connectivity index (χ3n) is 7.72. The van der Waals surface area contributed by atoms with E-state index in [0.717, 1.165) is 5.69 Å². The summed E-state index contributed by atoms with van der Waals surface area (Å²) in [7, 11) is 0. The molecule has 3 aromatic carbocycles. The third-order valence-corrected chi connectivity index (χ3v) is 7.72. The van der Waals surface area contributed by atoms with E-state index >= 15 is 4.39 Å². The number of halogens is 6. The van der Waals surface area contributed by atoms with Gasteiger partial charge < -0.3 is 19.5 Å². The molecule has 12 heteroatoms. The van der Waals surface area contributed by atoms with Gasteiger partial charge in [-0.3, -0.25) is 9.59 Å². The third kappa shape index (κ3) is 8.27. The van der Waals surface area contributed by atoms with Crippen LogP contribution in [0.2, 0.25) is 0 Å². The number of carboxylic acids is 2. The second-order valence-electron chi connectivity index (χ2n) is 10.9. The van der Waals surface area contributed by atoms with Gasteiger partial charge in [0.1, 0.15) is 11.6 Å². The lowest BCUT2D eigenvalue weighted by molar-refractivity contribution is -0.138. The minimum Gasteiger partial charge on any atom is -0.494 e. The SMILES string of the molecule is Cc1c(CCCC(=O)O)c2c(F)ccc(C#Cc3ccc(OCCCCc4c(F)c(F)c(F)c(F)c4F)cc3)c2n1CCCC(=O)O. The quantitative estimate of drug-likeness (QED) is 0.0473. The zero-order valence-electron chi connectivity index (χ0n) is 25.4. The summed E-state index contributed by atoms with van der Waals surface area (Å²) >= 11 is 0. The Kier molecular flexibility index (Phi) is 11.6. The van der Waals surface area contributed by atoms with Crippen LogP contribution in [0, 0.1) is 53.7 Å². The molecule has 0 atom stereocenters. The fraction of sp³-hybridized carbons (Fsp3) is 0.314. The Hall–Kier alpha value is -4.92. The van der Waals surface area contributed by atoms with Gasteiger partial charge in [0.05, 0.1) is 12.1 Å². The summed E-state index contributed by atoms with van der Waals surface area (Å²) in [5.41, 5.74) is 2.14. The van der Waals surface area contributed by atoms with Gasteiger partial charge in [-0.1, -0.05) is 11.8 Å². The maximum absolute atomic E-state index is 15.2. The van der Waals surface area contributed by atoms with E-state index in [4.69, 9.17) is 14.9 Å². The van der Waals surface area contributed by atoms with Crippen molar-refractivity contribution < 1.29 is 50.9 Å². The lowest BCUT2D eigenvalue weighted by Gasteiger charge is -2.09. The van der Waals surface area contributed by atoms with Crippen LogP contribution in [0.5, 0.6) is 5.75 Å². The van der Waals surface area contributed by atoms with E-state index in [2.05, 4.69) is 11.8 Å². The van der Waals surface area contributed by atoms with Crippen LogP contribution in [0.15, 0.2) is 36.4 Å². The van der Waals surface area contributed by atoms with Gasteiger partial charge in [0.2, 0.25) is 5.82 Å². The molecule has 4 aromatic rings. The number of benzene rings is 3. The number of carbonyl (C=O) groups is 2. The average molecular weight is 660 g/mol. The Morgan fingerprint density at radius 3 is 1.96 bits per heavy atom. The van der Waals surface area contributed by atoms with E-state index in [1.807, 2.05) is 4.57 Å². The zero-order chi connectivity index (χ0) is 34.2. The molecule has 0 saturated heterocycles. The van der Waals surface area contributed by atoms with E-state index in [1.165, 1.54) is 6.07 Å². The Balaban J connectivity index is 1.46. The predicted molar refractivity (Wildman–Crippen MR) is 161 cm³/mol. The van der Waals surface area contributed by atoms with Crippen molar-refractivity contribution in [2.45, 2.75) is 64.8 Å². The van der Waals surface area contributed by atoms with Crippen molar-refractivity contribution >= 4 is 22.8 Å². The van der Waals surface area contributed by atoms with Crippen LogP contribution in [0.4, 0.5) is 26.3 Å².